The van der Waals surface area contributed by atoms with Crippen molar-refractivity contribution in [2.45, 2.75) is 13.8 Å². The van der Waals surface area contributed by atoms with Gasteiger partial charge in [-0.25, -0.2) is 0 Å². The van der Waals surface area contributed by atoms with Gasteiger partial charge in [-0.05, 0) is 37.4 Å². The molecule has 0 aliphatic rings. The molecule has 0 bridgehead atoms. The standard InChI is InChI=1S/C21H23NO3/c1-3-22(4-2)12-13-24-18-10-7-9-17(14-18)21(23)20-15-16-8-5-6-11-19(16)25-20/h5-11,14-15H,3-4,12-13H2,1-2H3. The van der Waals surface area contributed by atoms with Gasteiger partial charge in [0.2, 0.25) is 5.78 Å². The molecule has 0 saturated carbocycles. The molecule has 0 atom stereocenters. The smallest absolute Gasteiger partial charge is 0.228 e. The molecular weight excluding hydrogens is 314 g/mol. The summed E-state index contributed by atoms with van der Waals surface area (Å²) in [4.78, 5) is 15.0. The van der Waals surface area contributed by atoms with E-state index in [-0.39, 0.29) is 5.78 Å². The number of fused-ring (bicyclic) bond motifs is 1. The van der Waals surface area contributed by atoms with Gasteiger partial charge < -0.3 is 14.1 Å². The first-order valence-corrected chi connectivity index (χ1v) is 8.69. The van der Waals surface area contributed by atoms with Gasteiger partial charge in [-0.3, -0.25) is 4.79 Å². The molecular formula is C21H23NO3. The number of rotatable bonds is 8. The zero-order valence-electron chi connectivity index (χ0n) is 14.7. The zero-order chi connectivity index (χ0) is 17.6. The molecule has 130 valence electrons. The van der Waals surface area contributed by atoms with Crippen LogP contribution in [0.15, 0.2) is 59.0 Å². The average molecular weight is 337 g/mol. The quantitative estimate of drug-likeness (QED) is 0.572. The number of carbonyl (C=O) groups is 1. The highest BCUT2D eigenvalue weighted by molar-refractivity contribution is 6.09. The second-order valence-electron chi connectivity index (χ2n) is 5.88. The molecule has 0 saturated heterocycles. The molecule has 0 radical (unpaired) electrons. The first kappa shape index (κ1) is 17.2. The largest absolute Gasteiger partial charge is 0.492 e. The first-order chi connectivity index (χ1) is 12.2. The summed E-state index contributed by atoms with van der Waals surface area (Å²) < 4.78 is 11.5. The van der Waals surface area contributed by atoms with Crippen molar-refractivity contribution in [3.63, 3.8) is 0 Å². The van der Waals surface area contributed by atoms with Crippen LogP contribution in [0.1, 0.15) is 30.0 Å². The number of furan rings is 1. The molecule has 3 rings (SSSR count). The summed E-state index contributed by atoms with van der Waals surface area (Å²) >= 11 is 0. The highest BCUT2D eigenvalue weighted by Gasteiger charge is 2.15. The Hall–Kier alpha value is -2.59. The predicted molar refractivity (Wildman–Crippen MR) is 99.4 cm³/mol. The Morgan fingerprint density at radius 2 is 1.84 bits per heavy atom. The Kier molecular flexibility index (Phi) is 5.51. The molecule has 0 aliphatic carbocycles. The molecule has 4 nitrogen and oxygen atoms in total. The predicted octanol–water partition coefficient (Wildman–Crippen LogP) is 4.38. The van der Waals surface area contributed by atoms with Gasteiger partial charge in [0.25, 0.3) is 0 Å². The van der Waals surface area contributed by atoms with E-state index < -0.39 is 0 Å². The van der Waals surface area contributed by atoms with Crippen LogP contribution in [0.5, 0.6) is 5.75 Å². The van der Waals surface area contributed by atoms with Gasteiger partial charge in [0.05, 0.1) is 0 Å². The minimum absolute atomic E-state index is 0.134. The molecule has 0 spiro atoms. The van der Waals surface area contributed by atoms with Crippen LogP contribution >= 0.6 is 0 Å². The van der Waals surface area contributed by atoms with Crippen molar-refractivity contribution in [1.82, 2.24) is 4.90 Å². The Labute approximate surface area is 148 Å². The summed E-state index contributed by atoms with van der Waals surface area (Å²) in [5.74, 6) is 0.918. The maximum Gasteiger partial charge on any atom is 0.228 e. The fraction of sp³-hybridized carbons (Fsp3) is 0.286. The number of ketones is 1. The van der Waals surface area contributed by atoms with E-state index in [0.717, 1.165) is 30.6 Å². The number of hydrogen-bond donors (Lipinski definition) is 0. The summed E-state index contributed by atoms with van der Waals surface area (Å²) in [6, 6.07) is 16.7. The van der Waals surface area contributed by atoms with Gasteiger partial charge in [0, 0.05) is 17.5 Å². The third-order valence-electron chi connectivity index (χ3n) is 4.32. The summed E-state index contributed by atoms with van der Waals surface area (Å²) in [5.41, 5.74) is 1.29. The number of benzene rings is 2. The SMILES string of the molecule is CCN(CC)CCOc1cccc(C(=O)c2cc3ccccc3o2)c1. The van der Waals surface area contributed by atoms with Crippen LogP contribution in [-0.2, 0) is 0 Å². The average Bonchev–Trinajstić information content (AvgIpc) is 3.09. The molecule has 3 aromatic rings. The molecule has 0 amide bonds. The lowest BCUT2D eigenvalue weighted by Crippen LogP contribution is -2.27. The molecule has 0 unspecified atom stereocenters. The molecule has 25 heavy (non-hydrogen) atoms. The lowest BCUT2D eigenvalue weighted by atomic mass is 10.1. The second-order valence-corrected chi connectivity index (χ2v) is 5.88. The lowest BCUT2D eigenvalue weighted by Gasteiger charge is -2.18. The van der Waals surface area contributed by atoms with E-state index in [1.165, 1.54) is 0 Å². The van der Waals surface area contributed by atoms with E-state index in [2.05, 4.69) is 18.7 Å². The fourth-order valence-electron chi connectivity index (χ4n) is 2.80. The topological polar surface area (TPSA) is 42.7 Å². The molecule has 1 heterocycles. The summed E-state index contributed by atoms with van der Waals surface area (Å²) in [6.07, 6.45) is 0. The van der Waals surface area contributed by atoms with Gasteiger partial charge in [-0.15, -0.1) is 0 Å². The first-order valence-electron chi connectivity index (χ1n) is 8.69. The maximum atomic E-state index is 12.7. The third kappa shape index (κ3) is 4.09. The van der Waals surface area contributed by atoms with Gasteiger partial charge in [-0.2, -0.15) is 0 Å². The fourth-order valence-corrected chi connectivity index (χ4v) is 2.80. The van der Waals surface area contributed by atoms with E-state index >= 15 is 0 Å². The van der Waals surface area contributed by atoms with Gasteiger partial charge in [-0.1, -0.05) is 44.2 Å². The number of carbonyl (C=O) groups excluding carboxylic acids is 1. The Balaban J connectivity index is 1.71. The summed E-state index contributed by atoms with van der Waals surface area (Å²) in [6.45, 7) is 7.75. The number of nitrogens with zero attached hydrogens (tertiary/aromatic N) is 1. The highest BCUT2D eigenvalue weighted by Crippen LogP contribution is 2.22. The normalized spacial score (nSPS) is 11.2. The number of hydrogen-bond acceptors (Lipinski definition) is 4. The van der Waals surface area contributed by atoms with Crippen molar-refractivity contribution < 1.29 is 13.9 Å². The highest BCUT2D eigenvalue weighted by atomic mass is 16.5. The number of ether oxygens (including phenoxy) is 1. The third-order valence-corrected chi connectivity index (χ3v) is 4.32. The molecule has 0 fully saturated rings. The van der Waals surface area contributed by atoms with E-state index in [1.54, 1.807) is 18.2 Å². The zero-order valence-corrected chi connectivity index (χ0v) is 14.7. The Morgan fingerprint density at radius 3 is 2.60 bits per heavy atom. The second kappa shape index (κ2) is 7.99. The minimum atomic E-state index is -0.134. The number of likely N-dealkylation sites (N-methyl/N-ethyl adjacent to an activating group) is 1. The Morgan fingerprint density at radius 1 is 1.04 bits per heavy atom. The molecule has 1 aromatic heterocycles. The van der Waals surface area contributed by atoms with Crippen LogP contribution in [0, 0.1) is 0 Å². The summed E-state index contributed by atoms with van der Waals surface area (Å²) in [5, 5.41) is 0.928. The van der Waals surface area contributed by atoms with Crippen molar-refractivity contribution in [2.75, 3.05) is 26.2 Å². The van der Waals surface area contributed by atoms with Gasteiger partial charge in [0.1, 0.15) is 17.9 Å². The molecule has 2 aromatic carbocycles. The molecule has 0 N–H and O–H groups in total. The van der Waals surface area contributed by atoms with Crippen LogP contribution < -0.4 is 4.74 Å². The van der Waals surface area contributed by atoms with Crippen molar-refractivity contribution in [3.8, 4) is 5.75 Å². The van der Waals surface area contributed by atoms with Gasteiger partial charge in [0.15, 0.2) is 5.76 Å². The van der Waals surface area contributed by atoms with Crippen LogP contribution in [0.4, 0.5) is 0 Å². The van der Waals surface area contributed by atoms with Crippen LogP contribution in [0.2, 0.25) is 0 Å². The minimum Gasteiger partial charge on any atom is -0.492 e. The van der Waals surface area contributed by atoms with Crippen molar-refractivity contribution in [3.05, 3.63) is 65.9 Å². The van der Waals surface area contributed by atoms with Crippen LogP contribution in [0.3, 0.4) is 0 Å². The number of para-hydroxylation sites is 1. The van der Waals surface area contributed by atoms with Crippen molar-refractivity contribution in [1.29, 1.82) is 0 Å². The van der Waals surface area contributed by atoms with E-state index in [9.17, 15) is 4.79 Å². The van der Waals surface area contributed by atoms with Gasteiger partial charge >= 0.3 is 0 Å². The van der Waals surface area contributed by atoms with Crippen molar-refractivity contribution >= 4 is 16.8 Å². The van der Waals surface area contributed by atoms with Crippen LogP contribution in [-0.4, -0.2) is 36.9 Å². The Bertz CT molecular complexity index is 816. The van der Waals surface area contributed by atoms with Crippen molar-refractivity contribution in [2.24, 2.45) is 0 Å². The van der Waals surface area contributed by atoms with Crippen LogP contribution in [0.25, 0.3) is 11.0 Å². The molecule has 0 aliphatic heterocycles. The van der Waals surface area contributed by atoms with E-state index in [4.69, 9.17) is 9.15 Å². The monoisotopic (exact) mass is 337 g/mol. The summed E-state index contributed by atoms with van der Waals surface area (Å²) in [7, 11) is 0. The van der Waals surface area contributed by atoms with E-state index in [1.807, 2.05) is 36.4 Å². The molecule has 4 heteroatoms. The van der Waals surface area contributed by atoms with E-state index in [0.29, 0.717) is 23.7 Å². The lowest BCUT2D eigenvalue weighted by molar-refractivity contribution is 0.101. The maximum absolute atomic E-state index is 12.7.